The molecule has 0 bridgehead atoms. The smallest absolute Gasteiger partial charge is 0.0263 e. The molecule has 0 saturated carbocycles. The lowest BCUT2D eigenvalue weighted by Crippen LogP contribution is -1.86. The lowest BCUT2D eigenvalue weighted by atomic mass is 10.0. The predicted octanol–water partition coefficient (Wildman–Crippen LogP) is 3.00. The van der Waals surface area contributed by atoms with Crippen molar-refractivity contribution in [1.82, 2.24) is 0 Å². The second kappa shape index (κ2) is 3.71. The normalized spacial score (nSPS) is 12.9. The molecule has 0 rings (SSSR count). The van der Waals surface area contributed by atoms with Crippen LogP contribution >= 0.6 is 0 Å². The van der Waals surface area contributed by atoms with Crippen LogP contribution < -0.4 is 0 Å². The molecule has 0 unspecified atom stereocenters. The van der Waals surface area contributed by atoms with Crippen LogP contribution in [-0.4, -0.2) is 0 Å². The Kier molecular flexibility index (Phi) is 3.59. The van der Waals surface area contributed by atoms with Gasteiger partial charge in [0.25, 0.3) is 0 Å². The molecule has 0 spiro atoms. The number of allylic oxidation sites excluding steroid dienone is 2. The summed E-state index contributed by atoms with van der Waals surface area (Å²) in [5.74, 6) is 0.731. The molecule has 0 N–H and O–H groups in total. The molecule has 0 nitrogen and oxygen atoms in total. The SMILES string of the molecule is CC/C=C(\C)C(C)C. The van der Waals surface area contributed by atoms with Crippen molar-refractivity contribution in [3.8, 4) is 0 Å². The van der Waals surface area contributed by atoms with E-state index in [1.54, 1.807) is 0 Å². The highest BCUT2D eigenvalue weighted by Crippen LogP contribution is 2.07. The Hall–Kier alpha value is -0.260. The maximum Gasteiger partial charge on any atom is -0.0263 e. The van der Waals surface area contributed by atoms with E-state index in [4.69, 9.17) is 0 Å². The summed E-state index contributed by atoms with van der Waals surface area (Å²) in [5.41, 5.74) is 1.51. The molecule has 0 radical (unpaired) electrons. The zero-order valence-corrected chi connectivity index (χ0v) is 6.36. The van der Waals surface area contributed by atoms with Crippen molar-refractivity contribution in [3.63, 3.8) is 0 Å². The Morgan fingerprint density at radius 2 is 2.00 bits per heavy atom. The Morgan fingerprint density at radius 3 is 2.12 bits per heavy atom. The quantitative estimate of drug-likeness (QED) is 0.482. The molecule has 0 amide bonds. The van der Waals surface area contributed by atoms with Gasteiger partial charge in [-0.05, 0) is 19.3 Å². The van der Waals surface area contributed by atoms with Gasteiger partial charge in [0.15, 0.2) is 0 Å². The van der Waals surface area contributed by atoms with Gasteiger partial charge in [-0.2, -0.15) is 0 Å². The van der Waals surface area contributed by atoms with E-state index in [1.807, 2.05) is 0 Å². The molecule has 0 atom stereocenters. The standard InChI is InChI=1S/C8H16/c1-5-6-8(4)7(2)3/h6-7H,5H2,1-4H3/b8-6+. The molecule has 0 aliphatic heterocycles. The van der Waals surface area contributed by atoms with Crippen molar-refractivity contribution in [2.24, 2.45) is 5.92 Å². The van der Waals surface area contributed by atoms with Crippen molar-refractivity contribution < 1.29 is 0 Å². The molecule has 0 aromatic heterocycles. The second-order valence-electron chi connectivity index (χ2n) is 2.51. The maximum absolute atomic E-state index is 2.28. The third-order valence-electron chi connectivity index (χ3n) is 1.44. The molecular formula is C8H16. The van der Waals surface area contributed by atoms with E-state index < -0.39 is 0 Å². The van der Waals surface area contributed by atoms with E-state index in [0.717, 1.165) is 5.92 Å². The molecule has 0 fully saturated rings. The van der Waals surface area contributed by atoms with E-state index >= 15 is 0 Å². The second-order valence-corrected chi connectivity index (χ2v) is 2.51. The summed E-state index contributed by atoms with van der Waals surface area (Å²) in [4.78, 5) is 0. The molecular weight excluding hydrogens is 96.1 g/mol. The Morgan fingerprint density at radius 1 is 1.50 bits per heavy atom. The summed E-state index contributed by atoms with van der Waals surface area (Å²) in [5, 5.41) is 0. The minimum Gasteiger partial charge on any atom is -0.0856 e. The number of rotatable bonds is 2. The van der Waals surface area contributed by atoms with Gasteiger partial charge < -0.3 is 0 Å². The van der Waals surface area contributed by atoms with Crippen LogP contribution in [0, 0.1) is 5.92 Å². The lowest BCUT2D eigenvalue weighted by Gasteiger charge is -2.01. The third-order valence-corrected chi connectivity index (χ3v) is 1.44. The fraction of sp³-hybridized carbons (Fsp3) is 0.750. The van der Waals surface area contributed by atoms with Gasteiger partial charge in [0.2, 0.25) is 0 Å². The Labute approximate surface area is 52.6 Å². The molecule has 8 heavy (non-hydrogen) atoms. The first-order valence-corrected chi connectivity index (χ1v) is 3.35. The van der Waals surface area contributed by atoms with E-state index in [-0.39, 0.29) is 0 Å². The molecule has 0 aromatic rings. The van der Waals surface area contributed by atoms with Crippen LogP contribution in [0.15, 0.2) is 11.6 Å². The molecule has 0 heteroatoms. The Balaban J connectivity index is 3.61. The molecule has 0 aromatic carbocycles. The molecule has 0 aliphatic carbocycles. The average molecular weight is 112 g/mol. The van der Waals surface area contributed by atoms with Gasteiger partial charge in [-0.1, -0.05) is 32.4 Å². The van der Waals surface area contributed by atoms with E-state index in [9.17, 15) is 0 Å². The zero-order valence-electron chi connectivity index (χ0n) is 6.36. The summed E-state index contributed by atoms with van der Waals surface area (Å²) in [6.07, 6.45) is 3.45. The average Bonchev–Trinajstić information content (AvgIpc) is 1.67. The maximum atomic E-state index is 2.28. The fourth-order valence-corrected chi connectivity index (χ4v) is 0.558. The van der Waals surface area contributed by atoms with E-state index in [2.05, 4.69) is 33.8 Å². The van der Waals surface area contributed by atoms with Crippen LogP contribution in [0.5, 0.6) is 0 Å². The molecule has 48 valence electrons. The van der Waals surface area contributed by atoms with E-state index in [1.165, 1.54) is 12.0 Å². The minimum atomic E-state index is 0.731. The third kappa shape index (κ3) is 2.84. The number of hydrogen-bond donors (Lipinski definition) is 0. The lowest BCUT2D eigenvalue weighted by molar-refractivity contribution is 0.763. The predicted molar refractivity (Wildman–Crippen MR) is 38.9 cm³/mol. The van der Waals surface area contributed by atoms with E-state index in [0.29, 0.717) is 0 Å². The summed E-state index contributed by atoms with van der Waals surface area (Å²) in [6.45, 7) is 8.81. The molecule has 0 saturated heterocycles. The van der Waals surface area contributed by atoms with Crippen LogP contribution in [0.4, 0.5) is 0 Å². The van der Waals surface area contributed by atoms with Gasteiger partial charge in [-0.25, -0.2) is 0 Å². The minimum absolute atomic E-state index is 0.731. The van der Waals surface area contributed by atoms with Crippen LogP contribution in [0.1, 0.15) is 34.1 Å². The van der Waals surface area contributed by atoms with Crippen molar-refractivity contribution >= 4 is 0 Å². The van der Waals surface area contributed by atoms with Gasteiger partial charge in [0.05, 0.1) is 0 Å². The first-order chi connectivity index (χ1) is 3.68. The topological polar surface area (TPSA) is 0 Å². The van der Waals surface area contributed by atoms with Crippen molar-refractivity contribution in [1.29, 1.82) is 0 Å². The van der Waals surface area contributed by atoms with Gasteiger partial charge in [-0.3, -0.25) is 0 Å². The van der Waals surface area contributed by atoms with Crippen molar-refractivity contribution in [2.45, 2.75) is 34.1 Å². The van der Waals surface area contributed by atoms with Gasteiger partial charge >= 0.3 is 0 Å². The largest absolute Gasteiger partial charge is 0.0856 e. The van der Waals surface area contributed by atoms with Crippen LogP contribution in [0.25, 0.3) is 0 Å². The Bertz CT molecular complexity index is 78.0. The summed E-state index contributed by atoms with van der Waals surface area (Å²) >= 11 is 0. The van der Waals surface area contributed by atoms with Gasteiger partial charge in [0, 0.05) is 0 Å². The molecule has 0 aliphatic rings. The van der Waals surface area contributed by atoms with Crippen LogP contribution in [0.3, 0.4) is 0 Å². The van der Waals surface area contributed by atoms with Crippen molar-refractivity contribution in [3.05, 3.63) is 11.6 Å². The summed E-state index contributed by atoms with van der Waals surface area (Å²) in [7, 11) is 0. The highest BCUT2D eigenvalue weighted by Gasteiger charge is 1.91. The fourth-order valence-electron chi connectivity index (χ4n) is 0.558. The highest BCUT2D eigenvalue weighted by atomic mass is 14.0. The first-order valence-electron chi connectivity index (χ1n) is 3.35. The van der Waals surface area contributed by atoms with Gasteiger partial charge in [0.1, 0.15) is 0 Å². The molecule has 0 heterocycles. The highest BCUT2D eigenvalue weighted by molar-refractivity contribution is 4.99. The van der Waals surface area contributed by atoms with Crippen LogP contribution in [0.2, 0.25) is 0 Å². The first kappa shape index (κ1) is 7.74. The van der Waals surface area contributed by atoms with Gasteiger partial charge in [-0.15, -0.1) is 0 Å². The number of hydrogen-bond acceptors (Lipinski definition) is 0. The monoisotopic (exact) mass is 112 g/mol. The van der Waals surface area contributed by atoms with Crippen molar-refractivity contribution in [2.75, 3.05) is 0 Å². The zero-order chi connectivity index (χ0) is 6.57. The summed E-state index contributed by atoms with van der Waals surface area (Å²) in [6, 6.07) is 0. The van der Waals surface area contributed by atoms with Crippen LogP contribution in [-0.2, 0) is 0 Å². The summed E-state index contributed by atoms with van der Waals surface area (Å²) < 4.78 is 0.